The van der Waals surface area contributed by atoms with E-state index in [1.54, 1.807) is 45.0 Å². The van der Waals surface area contributed by atoms with E-state index in [1.165, 1.54) is 19.3 Å². The van der Waals surface area contributed by atoms with Crippen LogP contribution in [0.4, 0.5) is 0 Å². The van der Waals surface area contributed by atoms with Crippen LogP contribution in [0.2, 0.25) is 0 Å². The van der Waals surface area contributed by atoms with Crippen LogP contribution in [0.1, 0.15) is 63.7 Å². The number of carbonyl (C=O) groups is 2. The van der Waals surface area contributed by atoms with Gasteiger partial charge in [0.25, 0.3) is 5.91 Å². The molecule has 0 aliphatic rings. The van der Waals surface area contributed by atoms with Crippen LogP contribution >= 0.6 is 0 Å². The average Bonchev–Trinajstić information content (AvgIpc) is 2.51. The Hall–Kier alpha value is -2.04. The van der Waals surface area contributed by atoms with Crippen molar-refractivity contribution in [2.75, 3.05) is 6.61 Å². The molecule has 0 saturated heterocycles. The van der Waals surface area contributed by atoms with Crippen molar-refractivity contribution < 1.29 is 14.3 Å². The molecule has 23 heavy (non-hydrogen) atoms. The zero-order valence-corrected chi connectivity index (χ0v) is 14.6. The number of ether oxygens (including phenoxy) is 1. The molecule has 2 amide bonds. The molecule has 0 fully saturated rings. The molecule has 0 radical (unpaired) electrons. The number of carbonyl (C=O) groups excluding carboxylic acids is 2. The van der Waals surface area contributed by atoms with Gasteiger partial charge in [-0.2, -0.15) is 0 Å². The lowest BCUT2D eigenvalue weighted by molar-refractivity contribution is -0.129. The molecule has 0 unspecified atom stereocenters. The van der Waals surface area contributed by atoms with Gasteiger partial charge in [-0.25, -0.2) is 0 Å². The lowest BCUT2D eigenvalue weighted by Crippen LogP contribution is -2.46. The second-order valence-corrected chi connectivity index (χ2v) is 6.59. The summed E-state index contributed by atoms with van der Waals surface area (Å²) in [6.45, 7) is 8.20. The zero-order chi connectivity index (χ0) is 17.3. The van der Waals surface area contributed by atoms with Gasteiger partial charge < -0.3 is 4.74 Å². The quantitative estimate of drug-likeness (QED) is 0.597. The molecule has 1 rings (SSSR count). The molecule has 0 heterocycles. The van der Waals surface area contributed by atoms with Gasteiger partial charge in [0.15, 0.2) is 0 Å². The molecule has 1 aromatic carbocycles. The third-order valence-corrected chi connectivity index (χ3v) is 3.35. The lowest BCUT2D eigenvalue weighted by Gasteiger charge is -2.17. The van der Waals surface area contributed by atoms with Gasteiger partial charge in [-0.15, -0.1) is 0 Å². The first-order valence-corrected chi connectivity index (χ1v) is 8.18. The van der Waals surface area contributed by atoms with Gasteiger partial charge in [0.2, 0.25) is 5.91 Å². The summed E-state index contributed by atoms with van der Waals surface area (Å²) in [4.78, 5) is 23.7. The van der Waals surface area contributed by atoms with Crippen molar-refractivity contribution in [1.82, 2.24) is 10.9 Å². The van der Waals surface area contributed by atoms with Crippen molar-refractivity contribution in [2.24, 2.45) is 5.41 Å². The van der Waals surface area contributed by atoms with Gasteiger partial charge in [0, 0.05) is 11.0 Å². The summed E-state index contributed by atoms with van der Waals surface area (Å²) in [6.07, 6.45) is 4.64. The highest BCUT2D eigenvalue weighted by Crippen LogP contribution is 2.14. The van der Waals surface area contributed by atoms with E-state index in [0.717, 1.165) is 12.2 Å². The van der Waals surface area contributed by atoms with E-state index in [4.69, 9.17) is 4.74 Å². The van der Waals surface area contributed by atoms with E-state index >= 15 is 0 Å². The van der Waals surface area contributed by atoms with Crippen molar-refractivity contribution in [3.8, 4) is 5.75 Å². The normalized spacial score (nSPS) is 11.0. The van der Waals surface area contributed by atoms with E-state index in [1.807, 2.05) is 0 Å². The first-order chi connectivity index (χ1) is 10.8. The van der Waals surface area contributed by atoms with Gasteiger partial charge in [-0.05, 0) is 30.7 Å². The van der Waals surface area contributed by atoms with Gasteiger partial charge in [-0.3, -0.25) is 20.4 Å². The molecule has 0 spiro atoms. The monoisotopic (exact) mass is 320 g/mol. The summed E-state index contributed by atoms with van der Waals surface area (Å²) in [5.41, 5.74) is 4.75. The van der Waals surface area contributed by atoms with Crippen LogP contribution in [0.25, 0.3) is 0 Å². The summed E-state index contributed by atoms with van der Waals surface area (Å²) < 4.78 is 5.63. The number of hydrazine groups is 1. The summed E-state index contributed by atoms with van der Waals surface area (Å²) in [7, 11) is 0. The van der Waals surface area contributed by atoms with Crippen LogP contribution < -0.4 is 15.6 Å². The molecule has 0 aromatic heterocycles. The summed E-state index contributed by atoms with van der Waals surface area (Å²) in [5.74, 6) is 0.159. The predicted octanol–water partition coefficient (Wildman–Crippen LogP) is 3.45. The molecular weight excluding hydrogens is 292 g/mol. The molecule has 0 aliphatic heterocycles. The Morgan fingerprint density at radius 3 is 2.22 bits per heavy atom. The first-order valence-electron chi connectivity index (χ1n) is 8.18. The maximum Gasteiger partial charge on any atom is 0.269 e. The fraction of sp³-hybridized carbons (Fsp3) is 0.556. The fourth-order valence-electron chi connectivity index (χ4n) is 1.79. The van der Waals surface area contributed by atoms with E-state index < -0.39 is 5.41 Å². The Labute approximate surface area is 138 Å². The third kappa shape index (κ3) is 7.17. The Balaban J connectivity index is 2.40. The van der Waals surface area contributed by atoms with Crippen LogP contribution in [0.5, 0.6) is 5.75 Å². The highest BCUT2D eigenvalue weighted by Gasteiger charge is 2.21. The molecule has 0 bridgehead atoms. The molecule has 0 atom stereocenters. The van der Waals surface area contributed by atoms with Crippen molar-refractivity contribution in [3.63, 3.8) is 0 Å². The van der Waals surface area contributed by atoms with Crippen LogP contribution in [0.15, 0.2) is 24.3 Å². The SMILES string of the molecule is CCCCCCOc1ccc(C(=O)NNC(=O)C(C)(C)C)cc1. The second kappa shape index (κ2) is 9.18. The van der Waals surface area contributed by atoms with Crippen molar-refractivity contribution >= 4 is 11.8 Å². The molecule has 0 saturated carbocycles. The molecule has 128 valence electrons. The number of nitrogens with one attached hydrogen (secondary N) is 2. The minimum Gasteiger partial charge on any atom is -0.494 e. The number of unbranched alkanes of at least 4 members (excludes halogenated alkanes) is 3. The molecule has 0 aliphatic carbocycles. The molecule has 5 heteroatoms. The van der Waals surface area contributed by atoms with E-state index in [2.05, 4.69) is 17.8 Å². The zero-order valence-electron chi connectivity index (χ0n) is 14.6. The summed E-state index contributed by atoms with van der Waals surface area (Å²) in [5, 5.41) is 0. The second-order valence-electron chi connectivity index (χ2n) is 6.59. The van der Waals surface area contributed by atoms with Crippen LogP contribution in [0.3, 0.4) is 0 Å². The van der Waals surface area contributed by atoms with E-state index in [-0.39, 0.29) is 11.8 Å². The Morgan fingerprint density at radius 2 is 1.65 bits per heavy atom. The molecule has 5 nitrogen and oxygen atoms in total. The highest BCUT2D eigenvalue weighted by atomic mass is 16.5. The number of benzene rings is 1. The van der Waals surface area contributed by atoms with Gasteiger partial charge in [0.05, 0.1) is 6.61 Å². The Morgan fingerprint density at radius 1 is 1.00 bits per heavy atom. The summed E-state index contributed by atoms with van der Waals surface area (Å²) >= 11 is 0. The topological polar surface area (TPSA) is 67.4 Å². The van der Waals surface area contributed by atoms with Gasteiger partial charge in [-0.1, -0.05) is 47.0 Å². The number of hydrogen-bond donors (Lipinski definition) is 2. The van der Waals surface area contributed by atoms with Crippen LogP contribution in [0, 0.1) is 5.41 Å². The van der Waals surface area contributed by atoms with Gasteiger partial charge in [0.1, 0.15) is 5.75 Å². The maximum absolute atomic E-state index is 12.0. The largest absolute Gasteiger partial charge is 0.494 e. The van der Waals surface area contributed by atoms with Crippen molar-refractivity contribution in [2.45, 2.75) is 53.4 Å². The minimum absolute atomic E-state index is 0.238. The predicted molar refractivity (Wildman–Crippen MR) is 91.1 cm³/mol. The first kappa shape index (κ1) is 19.0. The third-order valence-electron chi connectivity index (χ3n) is 3.35. The van der Waals surface area contributed by atoms with Crippen LogP contribution in [-0.2, 0) is 4.79 Å². The number of amides is 2. The lowest BCUT2D eigenvalue weighted by atomic mass is 9.96. The smallest absolute Gasteiger partial charge is 0.269 e. The van der Waals surface area contributed by atoms with Crippen LogP contribution in [-0.4, -0.2) is 18.4 Å². The average molecular weight is 320 g/mol. The molecule has 1 aromatic rings. The van der Waals surface area contributed by atoms with Crippen molar-refractivity contribution in [1.29, 1.82) is 0 Å². The highest BCUT2D eigenvalue weighted by molar-refractivity contribution is 5.95. The number of rotatable bonds is 7. The Kier molecular flexibility index (Phi) is 7.59. The number of hydrogen-bond acceptors (Lipinski definition) is 3. The molecule has 2 N–H and O–H groups in total. The standard InChI is InChI=1S/C18H28N2O3/c1-5-6-7-8-13-23-15-11-9-14(10-12-15)16(21)19-20-17(22)18(2,3)4/h9-12H,5-8,13H2,1-4H3,(H,19,21)(H,20,22). The Bertz CT molecular complexity index is 504. The minimum atomic E-state index is -0.553. The summed E-state index contributed by atoms with van der Waals surface area (Å²) in [6, 6.07) is 6.89. The fourth-order valence-corrected chi connectivity index (χ4v) is 1.79. The maximum atomic E-state index is 12.0. The molecular formula is C18H28N2O3. The van der Waals surface area contributed by atoms with Gasteiger partial charge >= 0.3 is 0 Å². The van der Waals surface area contributed by atoms with Crippen molar-refractivity contribution in [3.05, 3.63) is 29.8 Å². The van der Waals surface area contributed by atoms with E-state index in [0.29, 0.717) is 12.2 Å². The van der Waals surface area contributed by atoms with E-state index in [9.17, 15) is 9.59 Å².